The van der Waals surface area contributed by atoms with Crippen LogP contribution in [0.1, 0.15) is 15.9 Å². The summed E-state index contributed by atoms with van der Waals surface area (Å²) in [6.07, 6.45) is 4.40. The first kappa shape index (κ1) is 18.6. The maximum absolute atomic E-state index is 12.4. The first-order valence-corrected chi connectivity index (χ1v) is 10.2. The zero-order valence-corrected chi connectivity index (χ0v) is 15.4. The number of nitrogens with one attached hydrogen (secondary N) is 1. The lowest BCUT2D eigenvalue weighted by Gasteiger charge is -2.31. The lowest BCUT2D eigenvalue weighted by Crippen LogP contribution is -2.49. The number of sulfonamides is 1. The fourth-order valence-corrected chi connectivity index (χ4v) is 3.66. The Labute approximate surface area is 152 Å². The van der Waals surface area contributed by atoms with Crippen molar-refractivity contribution in [1.82, 2.24) is 19.4 Å². The molecule has 8 nitrogen and oxygen atoms in total. The number of benzene rings is 1. The van der Waals surface area contributed by atoms with E-state index < -0.39 is 10.0 Å². The van der Waals surface area contributed by atoms with Crippen LogP contribution in [0.4, 0.5) is 0 Å². The molecular weight excluding hydrogens is 356 g/mol. The van der Waals surface area contributed by atoms with E-state index in [2.05, 4.69) is 10.4 Å². The van der Waals surface area contributed by atoms with Gasteiger partial charge in [0.15, 0.2) is 0 Å². The van der Waals surface area contributed by atoms with Crippen LogP contribution in [0, 0.1) is 0 Å². The van der Waals surface area contributed by atoms with E-state index in [-0.39, 0.29) is 25.1 Å². The van der Waals surface area contributed by atoms with Gasteiger partial charge in [-0.05, 0) is 23.8 Å². The number of carbonyl (C=O) groups is 1. The second-order valence-electron chi connectivity index (χ2n) is 6.23. The van der Waals surface area contributed by atoms with Gasteiger partial charge in [0, 0.05) is 37.6 Å². The summed E-state index contributed by atoms with van der Waals surface area (Å²) in [5, 5.41) is 6.98. The normalized spacial score (nSPS) is 18.6. The molecule has 2 heterocycles. The topological polar surface area (TPSA) is 93.5 Å². The minimum Gasteiger partial charge on any atom is -0.374 e. The maximum atomic E-state index is 12.4. The molecule has 140 valence electrons. The van der Waals surface area contributed by atoms with Crippen LogP contribution in [0.3, 0.4) is 0 Å². The molecule has 1 aliphatic rings. The number of hydrogen-bond acceptors (Lipinski definition) is 5. The molecule has 9 heteroatoms. The molecule has 1 atom stereocenters. The molecule has 1 amide bonds. The van der Waals surface area contributed by atoms with E-state index >= 15 is 0 Å². The highest BCUT2D eigenvalue weighted by Crippen LogP contribution is 2.10. The molecule has 0 bridgehead atoms. The monoisotopic (exact) mass is 378 g/mol. The van der Waals surface area contributed by atoms with E-state index in [9.17, 15) is 13.2 Å². The molecular formula is C17H22N4O4S. The van der Waals surface area contributed by atoms with Gasteiger partial charge in [-0.3, -0.25) is 9.48 Å². The molecule has 0 spiro atoms. The van der Waals surface area contributed by atoms with Crippen molar-refractivity contribution in [2.75, 3.05) is 32.5 Å². The van der Waals surface area contributed by atoms with Gasteiger partial charge in [-0.2, -0.15) is 9.40 Å². The van der Waals surface area contributed by atoms with Crippen LogP contribution in [0.25, 0.3) is 0 Å². The van der Waals surface area contributed by atoms with Crippen LogP contribution in [-0.4, -0.2) is 67.0 Å². The van der Waals surface area contributed by atoms with Gasteiger partial charge >= 0.3 is 0 Å². The van der Waals surface area contributed by atoms with Gasteiger partial charge in [-0.25, -0.2) is 8.42 Å². The fraction of sp³-hybridized carbons (Fsp3) is 0.412. The van der Waals surface area contributed by atoms with Crippen molar-refractivity contribution in [3.8, 4) is 0 Å². The average Bonchev–Trinajstić information content (AvgIpc) is 3.12. The largest absolute Gasteiger partial charge is 0.374 e. The standard InChI is InChI=1S/C17H22N4O4S/c1-26(23,24)21-8-9-25-16(13-21)11-18-17(22)15-5-2-4-14(10-15)12-20-7-3-6-19-20/h2-7,10,16H,8-9,11-13H2,1H3,(H,18,22)/t16-/m1/s1. The summed E-state index contributed by atoms with van der Waals surface area (Å²) in [4.78, 5) is 12.4. The molecule has 0 saturated carbocycles. The number of amides is 1. The van der Waals surface area contributed by atoms with E-state index in [1.807, 2.05) is 30.5 Å². The van der Waals surface area contributed by atoms with E-state index in [1.54, 1.807) is 16.9 Å². The molecule has 0 aliphatic carbocycles. The Morgan fingerprint density at radius 3 is 2.96 bits per heavy atom. The van der Waals surface area contributed by atoms with Crippen LogP contribution in [-0.2, 0) is 21.3 Å². The van der Waals surface area contributed by atoms with Gasteiger partial charge in [0.2, 0.25) is 10.0 Å². The van der Waals surface area contributed by atoms with Crippen molar-refractivity contribution in [3.63, 3.8) is 0 Å². The van der Waals surface area contributed by atoms with Crippen LogP contribution >= 0.6 is 0 Å². The number of nitrogens with zero attached hydrogens (tertiary/aromatic N) is 3. The number of aromatic nitrogens is 2. The summed E-state index contributed by atoms with van der Waals surface area (Å²) in [5.41, 5.74) is 1.52. The third-order valence-electron chi connectivity index (χ3n) is 4.15. The van der Waals surface area contributed by atoms with Crippen LogP contribution in [0.15, 0.2) is 42.7 Å². The first-order valence-electron chi connectivity index (χ1n) is 8.33. The third-order valence-corrected chi connectivity index (χ3v) is 5.42. The third kappa shape index (κ3) is 4.90. The Hall–Kier alpha value is -2.23. The number of morpholine rings is 1. The Kier molecular flexibility index (Phi) is 5.70. The summed E-state index contributed by atoms with van der Waals surface area (Å²) in [6.45, 7) is 1.77. The van der Waals surface area contributed by atoms with Crippen molar-refractivity contribution >= 4 is 15.9 Å². The Morgan fingerprint density at radius 1 is 1.38 bits per heavy atom. The van der Waals surface area contributed by atoms with Crippen molar-refractivity contribution in [1.29, 1.82) is 0 Å². The van der Waals surface area contributed by atoms with E-state index in [4.69, 9.17) is 4.74 Å². The van der Waals surface area contributed by atoms with Gasteiger partial charge in [-0.15, -0.1) is 0 Å². The Bertz CT molecular complexity index is 851. The summed E-state index contributed by atoms with van der Waals surface area (Å²) in [5.74, 6) is -0.215. The second kappa shape index (κ2) is 7.98. The number of hydrogen-bond donors (Lipinski definition) is 1. The van der Waals surface area contributed by atoms with Gasteiger partial charge in [-0.1, -0.05) is 12.1 Å². The predicted octanol–water partition coefficient (Wildman–Crippen LogP) is 0.322. The maximum Gasteiger partial charge on any atom is 0.251 e. The van der Waals surface area contributed by atoms with Crippen LogP contribution < -0.4 is 5.32 Å². The molecule has 1 fully saturated rings. The summed E-state index contributed by atoms with van der Waals surface area (Å²) < 4.78 is 32.0. The first-order chi connectivity index (χ1) is 12.4. The van der Waals surface area contributed by atoms with Crippen LogP contribution in [0.2, 0.25) is 0 Å². The van der Waals surface area contributed by atoms with Crippen molar-refractivity contribution in [2.24, 2.45) is 0 Å². The minimum atomic E-state index is -3.25. The molecule has 3 rings (SSSR count). The Morgan fingerprint density at radius 2 is 2.23 bits per heavy atom. The van der Waals surface area contributed by atoms with Crippen molar-refractivity contribution in [3.05, 3.63) is 53.9 Å². The zero-order chi connectivity index (χ0) is 18.6. The highest BCUT2D eigenvalue weighted by molar-refractivity contribution is 7.88. The molecule has 1 aromatic heterocycles. The Balaban J connectivity index is 1.56. The number of ether oxygens (including phenoxy) is 1. The van der Waals surface area contributed by atoms with Gasteiger partial charge in [0.05, 0.1) is 25.5 Å². The lowest BCUT2D eigenvalue weighted by atomic mass is 10.1. The van der Waals surface area contributed by atoms with Crippen LogP contribution in [0.5, 0.6) is 0 Å². The molecule has 0 radical (unpaired) electrons. The zero-order valence-electron chi connectivity index (χ0n) is 14.5. The van der Waals surface area contributed by atoms with Crippen molar-refractivity contribution < 1.29 is 17.9 Å². The highest BCUT2D eigenvalue weighted by atomic mass is 32.2. The van der Waals surface area contributed by atoms with Crippen molar-refractivity contribution in [2.45, 2.75) is 12.6 Å². The minimum absolute atomic E-state index is 0.215. The summed E-state index contributed by atoms with van der Waals surface area (Å²) in [6, 6.07) is 9.18. The molecule has 1 aromatic carbocycles. The summed E-state index contributed by atoms with van der Waals surface area (Å²) >= 11 is 0. The second-order valence-corrected chi connectivity index (χ2v) is 8.21. The average molecular weight is 378 g/mol. The smallest absolute Gasteiger partial charge is 0.251 e. The molecule has 1 saturated heterocycles. The predicted molar refractivity (Wildman–Crippen MR) is 96.3 cm³/mol. The molecule has 26 heavy (non-hydrogen) atoms. The lowest BCUT2D eigenvalue weighted by molar-refractivity contribution is 0.000438. The van der Waals surface area contributed by atoms with Gasteiger partial charge in [0.25, 0.3) is 5.91 Å². The van der Waals surface area contributed by atoms with E-state index in [1.165, 1.54) is 10.6 Å². The number of rotatable bonds is 6. The van der Waals surface area contributed by atoms with Gasteiger partial charge < -0.3 is 10.1 Å². The fourth-order valence-electron chi connectivity index (χ4n) is 2.82. The molecule has 1 N–H and O–H groups in total. The van der Waals surface area contributed by atoms with E-state index in [0.29, 0.717) is 25.3 Å². The van der Waals surface area contributed by atoms with E-state index in [0.717, 1.165) is 5.56 Å². The molecule has 1 aliphatic heterocycles. The summed E-state index contributed by atoms with van der Waals surface area (Å²) in [7, 11) is -3.25. The molecule has 2 aromatic rings. The number of carbonyl (C=O) groups excluding carboxylic acids is 1. The molecule has 0 unspecified atom stereocenters. The SMILES string of the molecule is CS(=O)(=O)N1CCO[C@H](CNC(=O)c2cccc(Cn3cccn3)c2)C1. The highest BCUT2D eigenvalue weighted by Gasteiger charge is 2.26. The van der Waals surface area contributed by atoms with Gasteiger partial charge in [0.1, 0.15) is 0 Å². The quantitative estimate of drug-likeness (QED) is 0.781.